The van der Waals surface area contributed by atoms with Crippen molar-refractivity contribution in [3.8, 4) is 11.8 Å². The van der Waals surface area contributed by atoms with Crippen molar-refractivity contribution in [3.63, 3.8) is 0 Å². The van der Waals surface area contributed by atoms with E-state index in [0.717, 1.165) is 45.2 Å². The number of aromatic amines is 1. The third-order valence-electron chi connectivity index (χ3n) is 7.32. The molecule has 0 bridgehead atoms. The third-order valence-corrected chi connectivity index (χ3v) is 7.32. The van der Waals surface area contributed by atoms with Crippen LogP contribution in [0.5, 0.6) is 0 Å². The van der Waals surface area contributed by atoms with Gasteiger partial charge in [-0.2, -0.15) is 10.4 Å². The van der Waals surface area contributed by atoms with Crippen LogP contribution in [-0.4, -0.2) is 25.8 Å². The number of carboxylic acids is 1. The second kappa shape index (κ2) is 7.98. The quantitative estimate of drug-likeness (QED) is 0.377. The summed E-state index contributed by atoms with van der Waals surface area (Å²) in [4.78, 5) is 11.8. The molecule has 2 aromatic heterocycles. The van der Waals surface area contributed by atoms with E-state index in [4.69, 9.17) is 0 Å². The van der Waals surface area contributed by atoms with Gasteiger partial charge in [-0.05, 0) is 73.6 Å². The number of aliphatic carboxylic acids is 1. The number of nitrogens with one attached hydrogen (secondary N) is 1. The molecule has 2 atom stereocenters. The molecule has 1 aliphatic carbocycles. The van der Waals surface area contributed by atoms with Crippen molar-refractivity contribution < 1.29 is 14.3 Å². The fourth-order valence-corrected chi connectivity index (χ4v) is 5.61. The lowest BCUT2D eigenvalue weighted by Crippen LogP contribution is -2.23. The molecule has 2 heterocycles. The molecule has 34 heavy (non-hydrogen) atoms. The molecule has 0 saturated heterocycles. The van der Waals surface area contributed by atoms with Crippen LogP contribution >= 0.6 is 0 Å². The Balaban J connectivity index is 1.89. The van der Waals surface area contributed by atoms with Crippen molar-refractivity contribution in [1.82, 2.24) is 14.8 Å². The van der Waals surface area contributed by atoms with E-state index < -0.39 is 11.4 Å². The van der Waals surface area contributed by atoms with Crippen LogP contribution in [0.3, 0.4) is 0 Å². The second-order valence-electron chi connectivity index (χ2n) is 10.1. The molecule has 4 aromatic rings. The number of hydrogen-bond acceptors (Lipinski definition) is 3. The van der Waals surface area contributed by atoms with Gasteiger partial charge >= 0.3 is 5.97 Å². The van der Waals surface area contributed by atoms with Crippen molar-refractivity contribution >= 4 is 27.8 Å². The highest BCUT2D eigenvalue weighted by molar-refractivity contribution is 5.99. The van der Waals surface area contributed by atoms with Gasteiger partial charge in [-0.1, -0.05) is 13.8 Å². The Morgan fingerprint density at radius 2 is 2.12 bits per heavy atom. The first-order valence-electron chi connectivity index (χ1n) is 11.6. The summed E-state index contributed by atoms with van der Waals surface area (Å²) in [6, 6.07) is 11.6. The van der Waals surface area contributed by atoms with Gasteiger partial charge in [0.05, 0.1) is 29.2 Å². The van der Waals surface area contributed by atoms with Gasteiger partial charge in [-0.3, -0.25) is 9.89 Å². The Morgan fingerprint density at radius 1 is 1.32 bits per heavy atom. The van der Waals surface area contributed by atoms with Crippen LogP contribution < -0.4 is 0 Å². The highest BCUT2D eigenvalue weighted by atomic mass is 19.1. The number of carbonyl (C=O) groups is 1. The summed E-state index contributed by atoms with van der Waals surface area (Å²) in [6.45, 7) is 5.85. The van der Waals surface area contributed by atoms with E-state index in [1.165, 1.54) is 6.07 Å². The summed E-state index contributed by atoms with van der Waals surface area (Å²) in [7, 11) is 0. The summed E-state index contributed by atoms with van der Waals surface area (Å²) < 4.78 is 16.3. The lowest BCUT2D eigenvalue weighted by Gasteiger charge is -2.28. The Kier molecular flexibility index (Phi) is 5.20. The maximum Gasteiger partial charge on any atom is 0.306 e. The van der Waals surface area contributed by atoms with Crippen LogP contribution in [0, 0.1) is 30.0 Å². The molecule has 1 fully saturated rings. The molecule has 0 unspecified atom stereocenters. The number of nitrogens with zero attached hydrogens (tertiary/aromatic N) is 3. The van der Waals surface area contributed by atoms with Crippen LogP contribution in [0.2, 0.25) is 0 Å². The number of rotatable bonds is 5. The monoisotopic (exact) mass is 458 g/mol. The molecular formula is C27H27FN4O2. The smallest absolute Gasteiger partial charge is 0.306 e. The number of carboxylic acid groups (broad SMARTS) is 1. The lowest BCUT2D eigenvalue weighted by atomic mass is 9.79. The van der Waals surface area contributed by atoms with Crippen molar-refractivity contribution in [2.75, 3.05) is 0 Å². The van der Waals surface area contributed by atoms with Crippen LogP contribution in [0.1, 0.15) is 62.3 Å². The molecule has 1 aliphatic rings. The van der Waals surface area contributed by atoms with Gasteiger partial charge in [0.15, 0.2) is 0 Å². The number of halogens is 1. The predicted molar refractivity (Wildman–Crippen MR) is 129 cm³/mol. The normalized spacial score (nSPS) is 18.6. The van der Waals surface area contributed by atoms with Crippen molar-refractivity contribution in [2.24, 2.45) is 5.92 Å². The van der Waals surface area contributed by atoms with E-state index in [1.807, 2.05) is 6.07 Å². The third kappa shape index (κ3) is 3.45. The van der Waals surface area contributed by atoms with E-state index in [-0.39, 0.29) is 17.7 Å². The Hall–Kier alpha value is -3.66. The van der Waals surface area contributed by atoms with Gasteiger partial charge in [0.25, 0.3) is 0 Å². The van der Waals surface area contributed by atoms with E-state index in [1.54, 1.807) is 19.2 Å². The molecule has 0 amide bonds. The van der Waals surface area contributed by atoms with E-state index in [2.05, 4.69) is 46.8 Å². The molecule has 6 nitrogen and oxygen atoms in total. The van der Waals surface area contributed by atoms with Crippen molar-refractivity contribution in [1.29, 1.82) is 5.26 Å². The summed E-state index contributed by atoms with van der Waals surface area (Å²) in [6.07, 6.45) is 4.04. The van der Waals surface area contributed by atoms with Gasteiger partial charge in [0.2, 0.25) is 0 Å². The fraction of sp³-hybridized carbons (Fsp3) is 0.370. The number of fused-ring (bicyclic) bond motifs is 2. The first-order valence-corrected chi connectivity index (χ1v) is 11.6. The Bertz CT molecular complexity index is 1470. The molecular weight excluding hydrogens is 431 g/mol. The summed E-state index contributed by atoms with van der Waals surface area (Å²) >= 11 is 0. The zero-order valence-corrected chi connectivity index (χ0v) is 19.5. The van der Waals surface area contributed by atoms with E-state index in [9.17, 15) is 19.6 Å². The molecule has 0 spiro atoms. The average Bonchev–Trinajstić information content (AvgIpc) is 3.50. The fourth-order valence-electron chi connectivity index (χ4n) is 5.61. The standard InChI is InChI=1S/C27H27FN4O2/c1-15-10-19(6-7-21(15)28)32-23-12-18-14-30-31-22(18)13-20(23)24(25(32)27(2,3)8-9-29)16-4-5-17(11-16)26(33)34/h6-7,10,12-14,16-17H,4-5,8,11H2,1-3H3,(H,30,31)(H,33,34)/t16-,17-/m1/s1. The maximum absolute atomic E-state index is 14.2. The molecule has 7 heteroatoms. The van der Waals surface area contributed by atoms with Gasteiger partial charge in [-0.25, -0.2) is 4.39 Å². The number of H-pyrrole nitrogens is 1. The van der Waals surface area contributed by atoms with Crippen molar-refractivity contribution in [2.45, 2.75) is 57.8 Å². The van der Waals surface area contributed by atoms with Gasteiger partial charge < -0.3 is 9.67 Å². The zero-order valence-electron chi connectivity index (χ0n) is 19.5. The van der Waals surface area contributed by atoms with Crippen LogP contribution in [-0.2, 0) is 10.2 Å². The lowest BCUT2D eigenvalue weighted by molar-refractivity contribution is -0.141. The van der Waals surface area contributed by atoms with E-state index >= 15 is 0 Å². The molecule has 1 saturated carbocycles. The highest BCUT2D eigenvalue weighted by Crippen LogP contribution is 2.48. The maximum atomic E-state index is 14.2. The number of nitriles is 1. The molecule has 2 N–H and O–H groups in total. The van der Waals surface area contributed by atoms with Crippen LogP contribution in [0.4, 0.5) is 4.39 Å². The van der Waals surface area contributed by atoms with Crippen molar-refractivity contribution in [3.05, 3.63) is 59.2 Å². The minimum absolute atomic E-state index is 0.0553. The molecule has 0 radical (unpaired) electrons. The van der Waals surface area contributed by atoms with Gasteiger partial charge in [-0.15, -0.1) is 0 Å². The first kappa shape index (κ1) is 22.1. The SMILES string of the molecule is Cc1cc(-n2c(C(C)(C)CC#N)c([C@@H]3CC[C@@H](C(=O)O)C3)c3cc4[nH]ncc4cc32)ccc1F. The molecule has 0 aliphatic heterocycles. The summed E-state index contributed by atoms with van der Waals surface area (Å²) in [5, 5.41) is 28.6. The first-order chi connectivity index (χ1) is 16.2. The van der Waals surface area contributed by atoms with E-state index in [0.29, 0.717) is 24.8 Å². The molecule has 174 valence electrons. The zero-order chi connectivity index (χ0) is 24.2. The largest absolute Gasteiger partial charge is 0.481 e. The second-order valence-corrected chi connectivity index (χ2v) is 10.1. The van der Waals surface area contributed by atoms with Crippen LogP contribution in [0.25, 0.3) is 27.5 Å². The minimum atomic E-state index is -0.755. The number of aromatic nitrogens is 3. The van der Waals surface area contributed by atoms with Crippen LogP contribution in [0.15, 0.2) is 36.5 Å². The highest BCUT2D eigenvalue weighted by Gasteiger charge is 2.38. The molecule has 2 aromatic carbocycles. The van der Waals surface area contributed by atoms with Gasteiger partial charge in [0.1, 0.15) is 5.82 Å². The Morgan fingerprint density at radius 3 is 2.79 bits per heavy atom. The Labute approximate surface area is 197 Å². The minimum Gasteiger partial charge on any atom is -0.481 e. The molecule has 5 rings (SSSR count). The predicted octanol–water partition coefficient (Wildman–Crippen LogP) is 6.11. The topological polar surface area (TPSA) is 94.7 Å². The summed E-state index contributed by atoms with van der Waals surface area (Å²) in [5.41, 5.74) is 4.80. The van der Waals surface area contributed by atoms with Gasteiger partial charge in [0, 0.05) is 34.0 Å². The number of hydrogen-bond donors (Lipinski definition) is 2. The number of aryl methyl sites for hydroxylation is 1. The number of benzene rings is 2. The summed E-state index contributed by atoms with van der Waals surface area (Å²) in [5.74, 6) is -1.34. The average molecular weight is 459 g/mol.